The fourth-order valence-corrected chi connectivity index (χ4v) is 3.61. The number of hydrogen-bond acceptors (Lipinski definition) is 4. The van der Waals surface area contributed by atoms with Gasteiger partial charge < -0.3 is 10.1 Å². The molecule has 0 spiro atoms. The van der Waals surface area contributed by atoms with Crippen LogP contribution in [0.15, 0.2) is 66.7 Å². The number of carbonyl (C=O) groups excluding carboxylic acids is 1. The van der Waals surface area contributed by atoms with Gasteiger partial charge in [-0.25, -0.2) is 0 Å². The third kappa shape index (κ3) is 4.11. The van der Waals surface area contributed by atoms with E-state index in [4.69, 9.17) is 17.0 Å². The van der Waals surface area contributed by atoms with E-state index in [1.807, 2.05) is 49.4 Å². The van der Waals surface area contributed by atoms with Crippen LogP contribution in [0.4, 0.5) is 0 Å². The number of ether oxygens (including phenoxy) is 1. The van der Waals surface area contributed by atoms with E-state index < -0.39 is 0 Å². The monoisotopic (exact) mass is 418 g/mol. The fourth-order valence-electron chi connectivity index (χ4n) is 3.42. The highest BCUT2D eigenvalue weighted by molar-refractivity contribution is 7.71. The molecule has 0 saturated heterocycles. The second kappa shape index (κ2) is 8.51. The number of carbonyl (C=O) groups is 1. The number of nitrogens with one attached hydrogen (secondary N) is 2. The molecule has 0 aliphatic rings. The zero-order chi connectivity index (χ0) is 21.1. The third-order valence-corrected chi connectivity index (χ3v) is 5.37. The van der Waals surface area contributed by atoms with Crippen LogP contribution in [0.25, 0.3) is 22.2 Å². The first-order chi connectivity index (χ1) is 14.5. The zero-order valence-electron chi connectivity index (χ0n) is 16.8. The maximum atomic E-state index is 12.8. The Morgan fingerprint density at radius 2 is 1.87 bits per heavy atom. The number of rotatable bonds is 6. The average molecular weight is 419 g/mol. The second-order valence-corrected chi connectivity index (χ2v) is 7.45. The Hall–Kier alpha value is -3.45. The molecule has 6 nitrogen and oxygen atoms in total. The molecule has 2 N–H and O–H groups in total. The van der Waals surface area contributed by atoms with Gasteiger partial charge in [0.2, 0.25) is 5.91 Å². The van der Waals surface area contributed by atoms with Gasteiger partial charge in [0.15, 0.2) is 10.6 Å². The summed E-state index contributed by atoms with van der Waals surface area (Å²) in [5.74, 6) is 1.22. The van der Waals surface area contributed by atoms with Crippen molar-refractivity contribution in [2.45, 2.75) is 19.5 Å². The van der Waals surface area contributed by atoms with E-state index in [0.29, 0.717) is 10.6 Å². The number of aromatic nitrogens is 3. The van der Waals surface area contributed by atoms with Crippen molar-refractivity contribution in [2.75, 3.05) is 7.11 Å². The molecule has 3 aromatic carbocycles. The highest BCUT2D eigenvalue weighted by atomic mass is 32.1. The number of nitrogens with zero attached hydrogens (tertiary/aromatic N) is 2. The zero-order valence-corrected chi connectivity index (χ0v) is 17.6. The summed E-state index contributed by atoms with van der Waals surface area (Å²) in [6.07, 6.45) is 0. The first-order valence-electron chi connectivity index (χ1n) is 9.63. The first-order valence-corrected chi connectivity index (χ1v) is 10.0. The Kier molecular flexibility index (Phi) is 5.63. The summed E-state index contributed by atoms with van der Waals surface area (Å²) in [6.45, 7) is 2.05. The molecule has 1 amide bonds. The van der Waals surface area contributed by atoms with Crippen molar-refractivity contribution in [3.05, 3.63) is 77.1 Å². The van der Waals surface area contributed by atoms with E-state index in [9.17, 15) is 4.79 Å². The minimum absolute atomic E-state index is 0.0780. The SMILES string of the molecule is COc1ccc(-c2n[nH]c(=S)n2CC(=O)NC(C)c2ccc3ccccc3c2)cc1. The van der Waals surface area contributed by atoms with Gasteiger partial charge in [-0.2, -0.15) is 5.10 Å². The molecule has 0 bridgehead atoms. The number of hydrogen-bond donors (Lipinski definition) is 2. The van der Waals surface area contributed by atoms with Gasteiger partial charge in [-0.15, -0.1) is 0 Å². The van der Waals surface area contributed by atoms with Crippen LogP contribution >= 0.6 is 12.2 Å². The molecule has 0 radical (unpaired) electrons. The summed E-state index contributed by atoms with van der Waals surface area (Å²) < 4.78 is 7.29. The van der Waals surface area contributed by atoms with Crippen molar-refractivity contribution >= 4 is 28.9 Å². The summed E-state index contributed by atoms with van der Waals surface area (Å²) in [7, 11) is 1.62. The molecule has 0 aliphatic heterocycles. The minimum Gasteiger partial charge on any atom is -0.497 e. The van der Waals surface area contributed by atoms with Gasteiger partial charge in [0.1, 0.15) is 12.3 Å². The first kappa shape index (κ1) is 19.8. The molecule has 1 aromatic heterocycles. The predicted molar refractivity (Wildman–Crippen MR) is 120 cm³/mol. The van der Waals surface area contributed by atoms with Crippen molar-refractivity contribution in [1.82, 2.24) is 20.1 Å². The van der Waals surface area contributed by atoms with Crippen molar-refractivity contribution in [1.29, 1.82) is 0 Å². The maximum absolute atomic E-state index is 12.8. The molecular weight excluding hydrogens is 396 g/mol. The molecule has 1 unspecified atom stereocenters. The van der Waals surface area contributed by atoms with Crippen LogP contribution in [0.2, 0.25) is 0 Å². The second-order valence-electron chi connectivity index (χ2n) is 7.06. The maximum Gasteiger partial charge on any atom is 0.240 e. The van der Waals surface area contributed by atoms with Crippen molar-refractivity contribution in [3.8, 4) is 17.1 Å². The Morgan fingerprint density at radius 1 is 1.13 bits per heavy atom. The largest absolute Gasteiger partial charge is 0.497 e. The molecule has 4 rings (SSSR count). The molecule has 0 fully saturated rings. The van der Waals surface area contributed by atoms with Crippen LogP contribution in [0, 0.1) is 4.77 Å². The van der Waals surface area contributed by atoms with Crippen LogP contribution in [0.3, 0.4) is 0 Å². The summed E-state index contributed by atoms with van der Waals surface area (Å²) in [6, 6.07) is 21.7. The van der Waals surface area contributed by atoms with Gasteiger partial charge in [-0.3, -0.25) is 14.5 Å². The van der Waals surface area contributed by atoms with Gasteiger partial charge in [-0.05, 0) is 65.8 Å². The van der Waals surface area contributed by atoms with Gasteiger partial charge >= 0.3 is 0 Å². The number of H-pyrrole nitrogens is 1. The lowest BCUT2D eigenvalue weighted by atomic mass is 10.0. The van der Waals surface area contributed by atoms with E-state index in [1.165, 1.54) is 5.39 Å². The van der Waals surface area contributed by atoms with Gasteiger partial charge in [0.05, 0.1) is 13.2 Å². The summed E-state index contributed by atoms with van der Waals surface area (Å²) in [4.78, 5) is 12.8. The van der Waals surface area contributed by atoms with E-state index in [0.717, 1.165) is 22.3 Å². The highest BCUT2D eigenvalue weighted by Crippen LogP contribution is 2.22. The quantitative estimate of drug-likeness (QED) is 0.447. The average Bonchev–Trinajstić information content (AvgIpc) is 3.13. The van der Waals surface area contributed by atoms with Crippen LogP contribution in [-0.2, 0) is 11.3 Å². The van der Waals surface area contributed by atoms with E-state index >= 15 is 0 Å². The van der Waals surface area contributed by atoms with Crippen molar-refractivity contribution in [3.63, 3.8) is 0 Å². The number of amides is 1. The Balaban J connectivity index is 1.51. The standard InChI is InChI=1S/C23H22N4O2S/c1-15(18-8-7-16-5-3-4-6-19(16)13-18)24-21(28)14-27-22(25-26-23(27)30)17-9-11-20(29-2)12-10-17/h3-13,15H,14H2,1-2H3,(H,24,28)(H,26,30). The molecule has 4 aromatic rings. The minimum atomic E-state index is -0.136. The van der Waals surface area contributed by atoms with Crippen LogP contribution in [0.1, 0.15) is 18.5 Å². The van der Waals surface area contributed by atoms with Crippen molar-refractivity contribution < 1.29 is 9.53 Å². The van der Waals surface area contributed by atoms with Crippen LogP contribution in [-0.4, -0.2) is 27.8 Å². The molecule has 1 heterocycles. The number of aromatic amines is 1. The number of fused-ring (bicyclic) bond motifs is 1. The van der Waals surface area contributed by atoms with Gasteiger partial charge in [0, 0.05) is 5.56 Å². The Morgan fingerprint density at radius 3 is 2.60 bits per heavy atom. The third-order valence-electron chi connectivity index (χ3n) is 5.06. The van der Waals surface area contributed by atoms with Crippen LogP contribution in [0.5, 0.6) is 5.75 Å². The van der Waals surface area contributed by atoms with Crippen molar-refractivity contribution in [2.24, 2.45) is 0 Å². The van der Waals surface area contributed by atoms with Gasteiger partial charge in [-0.1, -0.05) is 36.4 Å². The van der Waals surface area contributed by atoms with E-state index in [1.54, 1.807) is 11.7 Å². The summed E-state index contributed by atoms with van der Waals surface area (Å²) in [5, 5.41) is 12.4. The number of benzene rings is 3. The molecule has 152 valence electrons. The molecule has 0 saturated carbocycles. The molecule has 30 heavy (non-hydrogen) atoms. The molecular formula is C23H22N4O2S. The normalized spacial score (nSPS) is 11.9. The lowest BCUT2D eigenvalue weighted by molar-refractivity contribution is -0.122. The van der Waals surface area contributed by atoms with Crippen LogP contribution < -0.4 is 10.1 Å². The predicted octanol–water partition coefficient (Wildman–Crippen LogP) is 4.65. The molecule has 1 atom stereocenters. The Bertz CT molecular complexity index is 1240. The topological polar surface area (TPSA) is 71.9 Å². The lowest BCUT2D eigenvalue weighted by Gasteiger charge is -2.16. The lowest BCUT2D eigenvalue weighted by Crippen LogP contribution is -2.30. The molecule has 0 aliphatic carbocycles. The smallest absolute Gasteiger partial charge is 0.240 e. The van der Waals surface area contributed by atoms with E-state index in [-0.39, 0.29) is 18.5 Å². The number of methoxy groups -OCH3 is 1. The summed E-state index contributed by atoms with van der Waals surface area (Å²) >= 11 is 5.34. The van der Waals surface area contributed by atoms with E-state index in [2.05, 4.69) is 39.8 Å². The molecule has 7 heteroatoms. The van der Waals surface area contributed by atoms with Gasteiger partial charge in [0.25, 0.3) is 0 Å². The fraction of sp³-hybridized carbons (Fsp3) is 0.174. The summed E-state index contributed by atoms with van der Waals surface area (Å²) in [5.41, 5.74) is 1.90. The Labute approximate surface area is 179 Å². The highest BCUT2D eigenvalue weighted by Gasteiger charge is 2.15.